The van der Waals surface area contributed by atoms with Crippen molar-refractivity contribution in [2.75, 3.05) is 18.4 Å². The number of aliphatic imine (C=N–C) groups is 1. The molecule has 0 bridgehead atoms. The molecule has 0 unspecified atom stereocenters. The number of nitrogens with zero attached hydrogens (tertiary/aromatic N) is 7. The van der Waals surface area contributed by atoms with Crippen molar-refractivity contribution in [3.63, 3.8) is 0 Å². The van der Waals surface area contributed by atoms with Crippen LogP contribution in [0.5, 0.6) is 5.75 Å². The van der Waals surface area contributed by atoms with E-state index in [1.54, 1.807) is 35.0 Å². The molecule has 0 atom stereocenters. The highest BCUT2D eigenvalue weighted by molar-refractivity contribution is 6.36. The number of hydrogen-bond donors (Lipinski definition) is 3. The minimum absolute atomic E-state index is 0.0698. The maximum absolute atomic E-state index is 11.7. The lowest BCUT2D eigenvalue weighted by molar-refractivity contribution is -0.134. The average Bonchev–Trinajstić information content (AvgIpc) is 3.40. The fourth-order valence-electron chi connectivity index (χ4n) is 4.31. The maximum Gasteiger partial charge on any atom is 0.219 e. The number of nitrogens with one attached hydrogen (secondary N) is 3. The van der Waals surface area contributed by atoms with Gasteiger partial charge in [-0.15, -0.1) is 0 Å². The van der Waals surface area contributed by atoms with Crippen LogP contribution in [0.2, 0.25) is 5.02 Å². The standard InChI is InChI=1S/C25H29ClN10O2/c1-14(37)35-12-15(13-35)36-19(25(2,3)4)8-20(33-36)31-24-32-23-22(34(24)5)21(26)18(11-30-23)38-17(9-27)16-10-28-6-7-29-16/h6-11,15,27,29H,12-13H2,1-5H3,(H,30,31,32,33)/b17-16+,27-9?. The number of halogens is 1. The summed E-state index contributed by atoms with van der Waals surface area (Å²) in [6, 6.07) is 2.13. The Kier molecular flexibility index (Phi) is 6.43. The van der Waals surface area contributed by atoms with Crippen LogP contribution in [-0.4, -0.2) is 60.6 Å². The Hall–Kier alpha value is -4.19. The molecular formula is C25H29ClN10O2. The van der Waals surface area contributed by atoms with E-state index in [-0.39, 0.29) is 28.9 Å². The van der Waals surface area contributed by atoms with Crippen LogP contribution in [0.25, 0.3) is 11.2 Å². The van der Waals surface area contributed by atoms with Gasteiger partial charge in [0.25, 0.3) is 0 Å². The second-order valence-corrected chi connectivity index (χ2v) is 10.6. The summed E-state index contributed by atoms with van der Waals surface area (Å²) in [7, 11) is 1.82. The number of rotatable bonds is 6. The van der Waals surface area contributed by atoms with Crippen LogP contribution in [0.1, 0.15) is 39.4 Å². The van der Waals surface area contributed by atoms with Crippen molar-refractivity contribution in [2.24, 2.45) is 12.0 Å². The summed E-state index contributed by atoms with van der Waals surface area (Å²) in [4.78, 5) is 26.6. The van der Waals surface area contributed by atoms with Crippen molar-refractivity contribution in [1.29, 1.82) is 5.41 Å². The van der Waals surface area contributed by atoms with Gasteiger partial charge in [0.15, 0.2) is 23.0 Å². The van der Waals surface area contributed by atoms with Gasteiger partial charge in [0.05, 0.1) is 24.7 Å². The largest absolute Gasteiger partial charge is 0.450 e. The van der Waals surface area contributed by atoms with E-state index in [0.717, 1.165) is 11.9 Å². The number of aryl methyl sites for hydroxylation is 1. The smallest absolute Gasteiger partial charge is 0.219 e. The second-order valence-electron chi connectivity index (χ2n) is 10.2. The molecule has 3 aromatic heterocycles. The predicted molar refractivity (Wildman–Crippen MR) is 146 cm³/mol. The van der Waals surface area contributed by atoms with Crippen LogP contribution in [0, 0.1) is 5.41 Å². The van der Waals surface area contributed by atoms with E-state index in [1.165, 1.54) is 6.20 Å². The number of hydrogen-bond acceptors (Lipinski definition) is 9. The first kappa shape index (κ1) is 25.5. The van der Waals surface area contributed by atoms with Crippen molar-refractivity contribution < 1.29 is 9.53 Å². The summed E-state index contributed by atoms with van der Waals surface area (Å²) < 4.78 is 9.69. The van der Waals surface area contributed by atoms with Gasteiger partial charge in [-0.25, -0.2) is 4.98 Å². The number of likely N-dealkylation sites (tertiary alicyclic amines) is 1. The lowest BCUT2D eigenvalue weighted by atomic mass is 9.91. The predicted octanol–water partition coefficient (Wildman–Crippen LogP) is 3.65. The first-order valence-electron chi connectivity index (χ1n) is 12.1. The highest BCUT2D eigenvalue weighted by atomic mass is 35.5. The Morgan fingerprint density at radius 2 is 2.11 bits per heavy atom. The van der Waals surface area contributed by atoms with Gasteiger partial charge in [-0.1, -0.05) is 32.4 Å². The molecule has 5 heterocycles. The number of fused-ring (bicyclic) bond motifs is 1. The molecule has 3 aromatic rings. The van der Waals surface area contributed by atoms with Gasteiger partial charge in [0.2, 0.25) is 11.9 Å². The molecular weight excluding hydrogens is 508 g/mol. The van der Waals surface area contributed by atoms with Crippen molar-refractivity contribution in [1.82, 2.24) is 34.5 Å². The van der Waals surface area contributed by atoms with Crippen molar-refractivity contribution in [2.45, 2.75) is 39.2 Å². The van der Waals surface area contributed by atoms with Crippen LogP contribution in [0.3, 0.4) is 0 Å². The first-order chi connectivity index (χ1) is 18.1. The topological polar surface area (TPSA) is 138 Å². The van der Waals surface area contributed by atoms with Gasteiger partial charge in [-0.2, -0.15) is 10.1 Å². The molecule has 5 rings (SSSR count). The number of amides is 1. The number of aromatic nitrogens is 5. The fourth-order valence-corrected chi connectivity index (χ4v) is 4.61. The molecule has 38 heavy (non-hydrogen) atoms. The number of allylic oxidation sites excluding steroid dienone is 2. The number of anilines is 2. The molecule has 1 fully saturated rings. The van der Waals surface area contributed by atoms with E-state index in [9.17, 15) is 4.79 Å². The maximum atomic E-state index is 11.7. The van der Waals surface area contributed by atoms with Crippen LogP contribution in [0.4, 0.5) is 11.8 Å². The van der Waals surface area contributed by atoms with E-state index in [2.05, 4.69) is 46.4 Å². The molecule has 0 aliphatic carbocycles. The highest BCUT2D eigenvalue weighted by Crippen LogP contribution is 2.35. The minimum Gasteiger partial charge on any atom is -0.450 e. The summed E-state index contributed by atoms with van der Waals surface area (Å²) in [5, 5.41) is 19.2. The number of carbonyl (C=O) groups excluding carboxylic acids is 1. The molecule has 12 nitrogen and oxygen atoms in total. The van der Waals surface area contributed by atoms with Crippen molar-refractivity contribution in [3.05, 3.63) is 46.8 Å². The molecule has 1 saturated heterocycles. The van der Waals surface area contributed by atoms with E-state index in [0.29, 0.717) is 46.7 Å². The van der Waals surface area contributed by atoms with E-state index < -0.39 is 0 Å². The van der Waals surface area contributed by atoms with Gasteiger partial charge in [0, 0.05) is 56.6 Å². The lowest BCUT2D eigenvalue weighted by Gasteiger charge is -2.40. The Morgan fingerprint density at radius 1 is 1.34 bits per heavy atom. The number of carbonyl (C=O) groups is 1. The molecule has 0 radical (unpaired) electrons. The Bertz CT molecular complexity index is 1520. The molecule has 0 aromatic carbocycles. The number of imidazole rings is 1. The molecule has 2 aliphatic rings. The fraction of sp³-hybridized carbons (Fsp3) is 0.360. The first-order valence-corrected chi connectivity index (χ1v) is 12.5. The summed E-state index contributed by atoms with van der Waals surface area (Å²) in [6.07, 6.45) is 7.34. The van der Waals surface area contributed by atoms with Crippen LogP contribution >= 0.6 is 11.6 Å². The monoisotopic (exact) mass is 536 g/mol. The number of ether oxygens (including phenoxy) is 1. The SMILES string of the molecule is CC(=O)N1CC(n2nc(Nc3nc4ncc(O/C(C=N)=C5\C=NC=CN5)c(Cl)c4n3C)cc2C(C)(C)C)C1. The van der Waals surface area contributed by atoms with Gasteiger partial charge in [-0.3, -0.25) is 14.5 Å². The Balaban J connectivity index is 1.44. The van der Waals surface area contributed by atoms with E-state index in [4.69, 9.17) is 26.8 Å². The lowest BCUT2D eigenvalue weighted by Crippen LogP contribution is -2.50. The van der Waals surface area contributed by atoms with E-state index in [1.807, 2.05) is 17.8 Å². The molecule has 1 amide bonds. The quantitative estimate of drug-likeness (QED) is 0.323. The molecule has 0 spiro atoms. The Morgan fingerprint density at radius 3 is 2.74 bits per heavy atom. The highest BCUT2D eigenvalue weighted by Gasteiger charge is 2.34. The zero-order valence-electron chi connectivity index (χ0n) is 21.8. The third kappa shape index (κ3) is 4.62. The third-order valence-corrected chi connectivity index (χ3v) is 6.79. The van der Waals surface area contributed by atoms with Crippen molar-refractivity contribution >= 4 is 52.9 Å². The van der Waals surface area contributed by atoms with Crippen LogP contribution < -0.4 is 15.4 Å². The normalized spacial score (nSPS) is 16.8. The Labute approximate surface area is 224 Å². The minimum atomic E-state index is -0.151. The zero-order valence-corrected chi connectivity index (χ0v) is 22.5. The van der Waals surface area contributed by atoms with Gasteiger partial charge >= 0.3 is 0 Å². The van der Waals surface area contributed by atoms with E-state index >= 15 is 0 Å². The summed E-state index contributed by atoms with van der Waals surface area (Å²) >= 11 is 6.73. The summed E-state index contributed by atoms with van der Waals surface area (Å²) in [6.45, 7) is 9.26. The van der Waals surface area contributed by atoms with Gasteiger partial charge in [0.1, 0.15) is 16.2 Å². The van der Waals surface area contributed by atoms with Crippen molar-refractivity contribution in [3.8, 4) is 5.75 Å². The number of pyridine rings is 1. The van der Waals surface area contributed by atoms with Gasteiger partial charge < -0.3 is 30.2 Å². The third-order valence-electron chi connectivity index (χ3n) is 6.42. The van der Waals surface area contributed by atoms with Gasteiger partial charge in [-0.05, 0) is 0 Å². The zero-order chi connectivity index (χ0) is 27.2. The molecule has 0 saturated carbocycles. The van der Waals surface area contributed by atoms with Crippen LogP contribution in [-0.2, 0) is 17.3 Å². The molecule has 2 aliphatic heterocycles. The molecule has 3 N–H and O–H groups in total. The summed E-state index contributed by atoms with van der Waals surface area (Å²) in [5.41, 5.74) is 2.43. The van der Waals surface area contributed by atoms with Crippen LogP contribution in [0.15, 0.2) is 41.1 Å². The second kappa shape index (κ2) is 9.60. The molecule has 198 valence electrons. The summed E-state index contributed by atoms with van der Waals surface area (Å²) in [5.74, 6) is 1.73. The molecule has 13 heteroatoms. The average molecular weight is 537 g/mol.